The topological polar surface area (TPSA) is 104 Å². The standard InChI is InChI=1S/C30H26N4O4/c1-16-7-5-11-21-26(16)32-29(37)30(21)25-24(23(33-30)13-17-15-31-22-12-4-3-10-20(17)22)27(35)34(28(25)36)18-8-6-9-19(14-18)38-2/h3-12,14-15,23-25,31,33H,13H2,1-2H3,(H,32,37)/t23?,24?,25?,30-/m0/s1. The number of carbonyl (C=O) groups is 3. The van der Waals surface area contributed by atoms with Crippen molar-refractivity contribution in [1.82, 2.24) is 10.3 Å². The number of fused-ring (bicyclic) bond motifs is 5. The van der Waals surface area contributed by atoms with Gasteiger partial charge in [-0.05, 0) is 42.7 Å². The monoisotopic (exact) mass is 506 g/mol. The Morgan fingerprint density at radius 2 is 1.79 bits per heavy atom. The van der Waals surface area contributed by atoms with Gasteiger partial charge in [0.25, 0.3) is 0 Å². The molecule has 0 bridgehead atoms. The molecule has 2 fully saturated rings. The fourth-order valence-corrected chi connectivity index (χ4v) is 6.69. The van der Waals surface area contributed by atoms with Gasteiger partial charge in [0.15, 0.2) is 0 Å². The fourth-order valence-electron chi connectivity index (χ4n) is 6.69. The van der Waals surface area contributed by atoms with Crippen LogP contribution in [0, 0.1) is 18.8 Å². The number of hydrogen-bond acceptors (Lipinski definition) is 5. The van der Waals surface area contributed by atoms with E-state index in [1.165, 1.54) is 4.90 Å². The Morgan fingerprint density at radius 3 is 2.63 bits per heavy atom. The highest BCUT2D eigenvalue weighted by Gasteiger charge is 2.70. The first-order valence-electron chi connectivity index (χ1n) is 12.7. The van der Waals surface area contributed by atoms with E-state index in [2.05, 4.69) is 15.6 Å². The van der Waals surface area contributed by atoms with Gasteiger partial charge in [-0.15, -0.1) is 0 Å². The number of ether oxygens (including phenoxy) is 1. The van der Waals surface area contributed by atoms with Gasteiger partial charge in [0, 0.05) is 40.5 Å². The maximum atomic E-state index is 14.2. The second kappa shape index (κ2) is 8.03. The maximum Gasteiger partial charge on any atom is 0.250 e. The van der Waals surface area contributed by atoms with E-state index in [0.717, 1.165) is 22.0 Å². The van der Waals surface area contributed by atoms with E-state index in [9.17, 15) is 14.4 Å². The first-order valence-corrected chi connectivity index (χ1v) is 12.7. The summed E-state index contributed by atoms with van der Waals surface area (Å²) in [4.78, 5) is 46.7. The van der Waals surface area contributed by atoms with Crippen LogP contribution in [0.25, 0.3) is 10.9 Å². The number of rotatable bonds is 4. The minimum Gasteiger partial charge on any atom is -0.497 e. The first-order chi connectivity index (χ1) is 18.4. The van der Waals surface area contributed by atoms with Gasteiger partial charge in [0.05, 0.1) is 24.6 Å². The summed E-state index contributed by atoms with van der Waals surface area (Å²) in [7, 11) is 1.54. The lowest BCUT2D eigenvalue weighted by Gasteiger charge is -2.29. The highest BCUT2D eigenvalue weighted by Crippen LogP contribution is 2.54. The number of methoxy groups -OCH3 is 1. The minimum absolute atomic E-state index is 0.299. The summed E-state index contributed by atoms with van der Waals surface area (Å²) >= 11 is 0. The Balaban J connectivity index is 1.38. The van der Waals surface area contributed by atoms with E-state index in [4.69, 9.17) is 4.74 Å². The van der Waals surface area contributed by atoms with Gasteiger partial charge in [0.2, 0.25) is 17.7 Å². The summed E-state index contributed by atoms with van der Waals surface area (Å²) in [6, 6.07) is 20.2. The largest absolute Gasteiger partial charge is 0.497 e. The van der Waals surface area contributed by atoms with Crippen LogP contribution in [0.2, 0.25) is 0 Å². The first kappa shape index (κ1) is 22.7. The number of amides is 3. The number of para-hydroxylation sites is 2. The third kappa shape index (κ3) is 2.92. The van der Waals surface area contributed by atoms with E-state index in [1.54, 1.807) is 31.4 Å². The molecule has 38 heavy (non-hydrogen) atoms. The molecule has 8 nitrogen and oxygen atoms in total. The van der Waals surface area contributed by atoms with E-state index >= 15 is 0 Å². The van der Waals surface area contributed by atoms with E-state index < -0.39 is 23.4 Å². The molecule has 0 radical (unpaired) electrons. The van der Waals surface area contributed by atoms with Crippen molar-refractivity contribution in [3.05, 3.63) is 89.6 Å². The number of hydrogen-bond donors (Lipinski definition) is 3. The quantitative estimate of drug-likeness (QED) is 0.367. The lowest BCUT2D eigenvalue weighted by molar-refractivity contribution is -0.130. The number of benzene rings is 3. The second-order valence-corrected chi connectivity index (χ2v) is 10.3. The van der Waals surface area contributed by atoms with E-state index in [-0.39, 0.29) is 17.7 Å². The number of imide groups is 1. The summed E-state index contributed by atoms with van der Waals surface area (Å²) in [5, 5.41) is 7.62. The van der Waals surface area contributed by atoms with Crippen LogP contribution in [0.4, 0.5) is 11.4 Å². The van der Waals surface area contributed by atoms with Crippen LogP contribution in [0.15, 0.2) is 72.9 Å². The van der Waals surface area contributed by atoms with E-state index in [0.29, 0.717) is 29.1 Å². The van der Waals surface area contributed by atoms with Crippen molar-refractivity contribution < 1.29 is 19.1 Å². The van der Waals surface area contributed by atoms with Crippen LogP contribution in [0.1, 0.15) is 16.7 Å². The number of aryl methyl sites for hydroxylation is 1. The van der Waals surface area contributed by atoms with Crippen LogP contribution in [-0.2, 0) is 26.3 Å². The van der Waals surface area contributed by atoms with Gasteiger partial charge in [-0.1, -0.05) is 42.5 Å². The summed E-state index contributed by atoms with van der Waals surface area (Å²) in [5.74, 6) is -2.06. The Morgan fingerprint density at radius 1 is 0.974 bits per heavy atom. The van der Waals surface area contributed by atoms with Crippen molar-refractivity contribution in [2.75, 3.05) is 17.3 Å². The number of nitrogens with zero attached hydrogens (tertiary/aromatic N) is 1. The number of aromatic nitrogens is 1. The molecule has 3 N–H and O–H groups in total. The lowest BCUT2D eigenvalue weighted by Crippen LogP contribution is -2.53. The van der Waals surface area contributed by atoms with E-state index in [1.807, 2.05) is 55.6 Å². The van der Waals surface area contributed by atoms with Crippen molar-refractivity contribution >= 4 is 40.0 Å². The number of nitrogens with one attached hydrogen (secondary N) is 3. The molecule has 3 aliphatic heterocycles. The number of H-pyrrole nitrogens is 1. The molecule has 3 aromatic carbocycles. The molecular weight excluding hydrogens is 480 g/mol. The molecule has 190 valence electrons. The van der Waals surface area contributed by atoms with Crippen LogP contribution in [0.3, 0.4) is 0 Å². The molecule has 7 rings (SSSR count). The highest BCUT2D eigenvalue weighted by atomic mass is 16.5. The molecular formula is C30H26N4O4. The number of anilines is 2. The zero-order valence-electron chi connectivity index (χ0n) is 20.9. The van der Waals surface area contributed by atoms with Crippen LogP contribution < -0.4 is 20.3 Å². The third-order valence-corrected chi connectivity index (χ3v) is 8.38. The predicted octanol–water partition coefficient (Wildman–Crippen LogP) is 3.65. The number of carbonyl (C=O) groups excluding carboxylic acids is 3. The van der Waals surface area contributed by atoms with Gasteiger partial charge in [-0.25, -0.2) is 4.90 Å². The van der Waals surface area contributed by atoms with Crippen molar-refractivity contribution in [3.63, 3.8) is 0 Å². The van der Waals surface area contributed by atoms with Gasteiger partial charge in [-0.3, -0.25) is 19.7 Å². The minimum atomic E-state index is -1.34. The second-order valence-electron chi connectivity index (χ2n) is 10.3. The zero-order chi connectivity index (χ0) is 26.2. The van der Waals surface area contributed by atoms with Crippen molar-refractivity contribution in [1.29, 1.82) is 0 Å². The maximum absolute atomic E-state index is 14.2. The average Bonchev–Trinajstić information content (AvgIpc) is 3.64. The fraction of sp³-hybridized carbons (Fsp3) is 0.233. The Hall–Kier alpha value is -4.43. The zero-order valence-corrected chi connectivity index (χ0v) is 20.9. The predicted molar refractivity (Wildman–Crippen MR) is 143 cm³/mol. The molecule has 3 aliphatic rings. The van der Waals surface area contributed by atoms with Crippen molar-refractivity contribution in [3.8, 4) is 5.75 Å². The molecule has 3 unspecified atom stereocenters. The molecule has 4 aromatic rings. The number of aromatic amines is 1. The lowest BCUT2D eigenvalue weighted by atomic mass is 9.76. The molecule has 0 saturated carbocycles. The molecule has 4 heterocycles. The van der Waals surface area contributed by atoms with Gasteiger partial charge >= 0.3 is 0 Å². The summed E-state index contributed by atoms with van der Waals surface area (Å²) < 4.78 is 5.35. The average molecular weight is 507 g/mol. The highest BCUT2D eigenvalue weighted by molar-refractivity contribution is 6.26. The van der Waals surface area contributed by atoms with Crippen LogP contribution >= 0.6 is 0 Å². The van der Waals surface area contributed by atoms with Crippen LogP contribution in [0.5, 0.6) is 5.75 Å². The Kier molecular flexibility index (Phi) is 4.81. The molecule has 1 aromatic heterocycles. The summed E-state index contributed by atoms with van der Waals surface area (Å²) in [6.07, 6.45) is 2.42. The summed E-state index contributed by atoms with van der Waals surface area (Å²) in [6.45, 7) is 1.93. The molecule has 8 heteroatoms. The van der Waals surface area contributed by atoms with Crippen molar-refractivity contribution in [2.45, 2.75) is 24.9 Å². The van der Waals surface area contributed by atoms with Crippen LogP contribution in [-0.4, -0.2) is 35.9 Å². The van der Waals surface area contributed by atoms with Gasteiger partial charge in [-0.2, -0.15) is 0 Å². The third-order valence-electron chi connectivity index (χ3n) is 8.38. The van der Waals surface area contributed by atoms with Gasteiger partial charge < -0.3 is 15.0 Å². The molecule has 3 amide bonds. The smallest absolute Gasteiger partial charge is 0.250 e. The summed E-state index contributed by atoms with van der Waals surface area (Å²) in [5.41, 5.74) is 3.45. The molecule has 1 spiro atoms. The molecule has 4 atom stereocenters. The Bertz CT molecular complexity index is 1660. The SMILES string of the molecule is COc1cccc(N2C(=O)C3C(Cc4c[nH]c5ccccc45)N[C@]4(C(=O)Nc5c(C)cccc54)C3C2=O)c1. The normalized spacial score (nSPS) is 25.8. The Labute approximate surface area is 219 Å². The molecule has 0 aliphatic carbocycles. The van der Waals surface area contributed by atoms with Gasteiger partial charge in [0.1, 0.15) is 11.3 Å². The van der Waals surface area contributed by atoms with Crippen molar-refractivity contribution in [2.24, 2.45) is 11.8 Å². The molecule has 2 saturated heterocycles.